The van der Waals surface area contributed by atoms with Crippen LogP contribution < -0.4 is 0 Å². The molecule has 0 saturated carbocycles. The number of carbonyl (C=O) groups is 1. The molecule has 1 N–H and O–H groups in total. The number of phenols is 1. The van der Waals surface area contributed by atoms with Gasteiger partial charge in [-0.25, -0.2) is 4.98 Å². The van der Waals surface area contributed by atoms with E-state index in [9.17, 15) is 9.90 Å². The van der Waals surface area contributed by atoms with Crippen molar-refractivity contribution in [2.24, 2.45) is 0 Å². The van der Waals surface area contributed by atoms with Crippen LogP contribution in [0, 0.1) is 0 Å². The molecule has 1 unspecified atom stereocenters. The Hall–Kier alpha value is -3.00. The minimum atomic E-state index is -0.253. The second-order valence-corrected chi connectivity index (χ2v) is 9.23. The number of carbonyl (C=O) groups excluding carboxylic acids is 1. The van der Waals surface area contributed by atoms with Gasteiger partial charge < -0.3 is 9.84 Å². The number of thiazole rings is 1. The molecule has 0 aliphatic carbocycles. The Morgan fingerprint density at radius 2 is 1.94 bits per heavy atom. The number of aromatic hydroxyl groups is 1. The maximum Gasteiger partial charge on any atom is 0.311 e. The third kappa shape index (κ3) is 5.91. The van der Waals surface area contributed by atoms with Gasteiger partial charge in [0.25, 0.3) is 0 Å². The number of nitrogens with zero attached hydrogens (tertiary/aromatic N) is 3. The molecule has 1 saturated heterocycles. The van der Waals surface area contributed by atoms with E-state index >= 15 is 0 Å². The van der Waals surface area contributed by atoms with Gasteiger partial charge in [-0.15, -0.1) is 17.9 Å². The normalized spacial score (nSPS) is 15.7. The number of aromatic nitrogens is 1. The summed E-state index contributed by atoms with van der Waals surface area (Å²) in [6.07, 6.45) is 2.15. The van der Waals surface area contributed by atoms with Gasteiger partial charge in [-0.3, -0.25) is 14.6 Å². The van der Waals surface area contributed by atoms with E-state index in [0.29, 0.717) is 6.61 Å². The number of phenolic OH excluding ortho intramolecular Hbond substituents is 1. The number of hydrogen-bond donors (Lipinski definition) is 1. The van der Waals surface area contributed by atoms with Gasteiger partial charge in [-0.05, 0) is 30.2 Å². The van der Waals surface area contributed by atoms with E-state index < -0.39 is 0 Å². The van der Waals surface area contributed by atoms with Gasteiger partial charge in [0.2, 0.25) is 0 Å². The second-order valence-electron chi connectivity index (χ2n) is 8.37. The summed E-state index contributed by atoms with van der Waals surface area (Å²) < 4.78 is 5.03. The fourth-order valence-electron chi connectivity index (χ4n) is 4.38. The topological polar surface area (TPSA) is 65.9 Å². The molecule has 0 bridgehead atoms. The van der Waals surface area contributed by atoms with Crippen LogP contribution >= 0.6 is 11.3 Å². The molecule has 3 aromatic rings. The zero-order valence-corrected chi connectivity index (χ0v) is 20.3. The minimum absolute atomic E-state index is 0.0581. The second kappa shape index (κ2) is 11.4. The lowest BCUT2D eigenvalue weighted by Crippen LogP contribution is -2.47. The third-order valence-electron chi connectivity index (χ3n) is 6.00. The zero-order valence-electron chi connectivity index (χ0n) is 19.5. The molecule has 1 atom stereocenters. The summed E-state index contributed by atoms with van der Waals surface area (Å²) >= 11 is 1.53. The monoisotopic (exact) mass is 477 g/mol. The van der Waals surface area contributed by atoms with Gasteiger partial charge in [0.15, 0.2) is 0 Å². The Kier molecular flexibility index (Phi) is 8.11. The van der Waals surface area contributed by atoms with Gasteiger partial charge in [0.05, 0.1) is 24.8 Å². The lowest BCUT2D eigenvalue weighted by atomic mass is 9.95. The average molecular weight is 478 g/mol. The Balaban J connectivity index is 1.55. The fourth-order valence-corrected chi connectivity index (χ4v) is 5.21. The standard InChI is InChI=1S/C27H31N3O3S/c1-3-12-29-13-15-30(16-14-29)26(22-6-5-7-24(31)17-22)20-8-10-21(11-9-20)27-28-23(19-34-27)18-25(32)33-4-2/h3,5-11,17,19,26,31H,1,4,12-16,18H2,2H3. The summed E-state index contributed by atoms with van der Waals surface area (Å²) in [6, 6.07) is 16.1. The Morgan fingerprint density at radius 3 is 2.62 bits per heavy atom. The highest BCUT2D eigenvalue weighted by Gasteiger charge is 2.26. The van der Waals surface area contributed by atoms with Crippen LogP contribution in [0.1, 0.15) is 29.8 Å². The molecule has 0 spiro atoms. The summed E-state index contributed by atoms with van der Waals surface area (Å²) in [6.45, 7) is 10.8. The zero-order chi connectivity index (χ0) is 23.9. The molecular formula is C27H31N3O3S. The Bertz CT molecular complexity index is 1100. The van der Waals surface area contributed by atoms with Gasteiger partial charge >= 0.3 is 5.97 Å². The molecular weight excluding hydrogens is 446 g/mol. The highest BCUT2D eigenvalue weighted by atomic mass is 32.1. The van der Waals surface area contributed by atoms with Crippen LogP contribution in [0.5, 0.6) is 5.75 Å². The van der Waals surface area contributed by atoms with E-state index in [2.05, 4.69) is 51.7 Å². The molecule has 1 fully saturated rings. The van der Waals surface area contributed by atoms with Crippen molar-refractivity contribution in [3.63, 3.8) is 0 Å². The maximum atomic E-state index is 11.8. The van der Waals surface area contributed by atoms with Crippen LogP contribution in [0.2, 0.25) is 0 Å². The van der Waals surface area contributed by atoms with Crippen LogP contribution in [-0.2, 0) is 16.0 Å². The smallest absolute Gasteiger partial charge is 0.311 e. The van der Waals surface area contributed by atoms with Crippen LogP contribution in [0.4, 0.5) is 0 Å². The summed E-state index contributed by atoms with van der Waals surface area (Å²) in [7, 11) is 0. The van der Waals surface area contributed by atoms with Crippen LogP contribution in [0.15, 0.2) is 66.6 Å². The maximum absolute atomic E-state index is 11.8. The number of hydrogen-bond acceptors (Lipinski definition) is 7. The molecule has 178 valence electrons. The van der Waals surface area contributed by atoms with E-state index in [4.69, 9.17) is 4.74 Å². The van der Waals surface area contributed by atoms with E-state index in [1.165, 1.54) is 16.9 Å². The lowest BCUT2D eigenvalue weighted by molar-refractivity contribution is -0.142. The van der Waals surface area contributed by atoms with Crippen LogP contribution in [0.25, 0.3) is 10.6 Å². The van der Waals surface area contributed by atoms with Crippen LogP contribution in [0.3, 0.4) is 0 Å². The molecule has 34 heavy (non-hydrogen) atoms. The van der Waals surface area contributed by atoms with Gasteiger partial charge in [-0.2, -0.15) is 0 Å². The fraction of sp³-hybridized carbons (Fsp3) is 0.333. The average Bonchev–Trinajstić information content (AvgIpc) is 3.29. The molecule has 0 amide bonds. The number of rotatable bonds is 9. The highest BCUT2D eigenvalue weighted by molar-refractivity contribution is 7.13. The number of esters is 1. The molecule has 1 aromatic heterocycles. The van der Waals surface area contributed by atoms with E-state index in [0.717, 1.165) is 54.6 Å². The van der Waals surface area contributed by atoms with Gasteiger partial charge in [0, 0.05) is 43.7 Å². The van der Waals surface area contributed by atoms with Crippen molar-refractivity contribution in [2.75, 3.05) is 39.3 Å². The first kappa shape index (κ1) is 24.1. The molecule has 2 aromatic carbocycles. The van der Waals surface area contributed by atoms with Crippen molar-refractivity contribution < 1.29 is 14.6 Å². The van der Waals surface area contributed by atoms with E-state index in [1.807, 2.05) is 23.6 Å². The molecule has 0 radical (unpaired) electrons. The van der Waals surface area contributed by atoms with Crippen molar-refractivity contribution in [1.29, 1.82) is 0 Å². The molecule has 6 nitrogen and oxygen atoms in total. The predicted molar refractivity (Wildman–Crippen MR) is 136 cm³/mol. The summed E-state index contributed by atoms with van der Waals surface area (Å²) in [5, 5.41) is 12.9. The molecule has 1 aliphatic rings. The van der Waals surface area contributed by atoms with E-state index in [-0.39, 0.29) is 24.2 Å². The highest BCUT2D eigenvalue weighted by Crippen LogP contribution is 2.33. The predicted octanol–water partition coefficient (Wildman–Crippen LogP) is 4.51. The van der Waals surface area contributed by atoms with Crippen LogP contribution in [-0.4, -0.2) is 65.2 Å². The molecule has 1 aliphatic heterocycles. The van der Waals surface area contributed by atoms with E-state index in [1.54, 1.807) is 13.0 Å². The number of piperazine rings is 1. The molecule has 7 heteroatoms. The summed E-state index contributed by atoms with van der Waals surface area (Å²) in [5.74, 6) is 0.0261. The number of benzene rings is 2. The quantitative estimate of drug-likeness (QED) is 0.361. The van der Waals surface area contributed by atoms with Gasteiger partial charge in [-0.1, -0.05) is 42.5 Å². The van der Waals surface area contributed by atoms with Gasteiger partial charge in [0.1, 0.15) is 10.8 Å². The minimum Gasteiger partial charge on any atom is -0.508 e. The van der Waals surface area contributed by atoms with Crippen molar-refractivity contribution in [1.82, 2.24) is 14.8 Å². The number of ether oxygens (including phenoxy) is 1. The first-order valence-corrected chi connectivity index (χ1v) is 12.5. The largest absolute Gasteiger partial charge is 0.508 e. The first-order valence-electron chi connectivity index (χ1n) is 11.6. The molecule has 2 heterocycles. The molecule has 4 rings (SSSR count). The lowest BCUT2D eigenvalue weighted by Gasteiger charge is -2.39. The Labute approximate surface area is 205 Å². The SMILES string of the molecule is C=CCN1CCN(C(c2ccc(-c3nc(CC(=O)OCC)cs3)cc2)c2cccc(O)c2)CC1. The van der Waals surface area contributed by atoms with Crippen molar-refractivity contribution in [2.45, 2.75) is 19.4 Å². The van der Waals surface area contributed by atoms with Crippen molar-refractivity contribution in [3.8, 4) is 16.3 Å². The third-order valence-corrected chi connectivity index (χ3v) is 6.94. The van der Waals surface area contributed by atoms with Crippen molar-refractivity contribution in [3.05, 3.63) is 83.4 Å². The summed E-state index contributed by atoms with van der Waals surface area (Å²) in [4.78, 5) is 21.3. The Morgan fingerprint density at radius 1 is 1.18 bits per heavy atom. The first-order chi connectivity index (χ1) is 16.6. The van der Waals surface area contributed by atoms with Crippen molar-refractivity contribution >= 4 is 17.3 Å². The summed E-state index contributed by atoms with van der Waals surface area (Å²) in [5.41, 5.74) is 4.01.